The Morgan fingerprint density at radius 3 is 2.69 bits per heavy atom. The van der Waals surface area contributed by atoms with Crippen LogP contribution in [-0.2, 0) is 13.1 Å². The lowest BCUT2D eigenvalue weighted by Crippen LogP contribution is -2.12. The molecular formula is C12H17N3S. The molecule has 0 bridgehead atoms. The molecule has 0 aromatic carbocycles. The highest BCUT2D eigenvalue weighted by Crippen LogP contribution is 2.20. The largest absolute Gasteiger partial charge is 0.348 e. The zero-order chi connectivity index (χ0) is 11.5. The molecule has 0 saturated carbocycles. The minimum Gasteiger partial charge on any atom is -0.348 e. The summed E-state index contributed by atoms with van der Waals surface area (Å²) in [6.45, 7) is 8.12. The second-order valence-electron chi connectivity index (χ2n) is 4.03. The molecule has 3 nitrogen and oxygen atoms in total. The third-order valence-corrected chi connectivity index (χ3v) is 3.90. The Morgan fingerprint density at radius 1 is 1.31 bits per heavy atom. The molecule has 4 heteroatoms. The molecule has 2 aromatic rings. The Balaban J connectivity index is 1.87. The first-order chi connectivity index (χ1) is 7.66. The Kier molecular flexibility index (Phi) is 3.41. The number of imidazole rings is 1. The molecule has 0 atom stereocenters. The van der Waals surface area contributed by atoms with Crippen LogP contribution in [0.15, 0.2) is 12.4 Å². The van der Waals surface area contributed by atoms with Gasteiger partial charge in [-0.05, 0) is 32.4 Å². The molecule has 2 aromatic heterocycles. The van der Waals surface area contributed by atoms with Crippen molar-refractivity contribution in [2.45, 2.75) is 33.9 Å². The molecular weight excluding hydrogens is 218 g/mol. The first-order valence-corrected chi connectivity index (χ1v) is 6.24. The summed E-state index contributed by atoms with van der Waals surface area (Å²) < 4.78 is 0. The highest BCUT2D eigenvalue weighted by Gasteiger charge is 2.03. The van der Waals surface area contributed by atoms with Crippen LogP contribution < -0.4 is 5.32 Å². The average Bonchev–Trinajstić information content (AvgIpc) is 2.76. The fraction of sp³-hybridized carbons (Fsp3) is 0.417. The minimum absolute atomic E-state index is 0.825. The van der Waals surface area contributed by atoms with E-state index in [9.17, 15) is 0 Å². The number of aryl methyl sites for hydroxylation is 3. The van der Waals surface area contributed by atoms with Gasteiger partial charge in [-0.25, -0.2) is 4.98 Å². The third-order valence-electron chi connectivity index (χ3n) is 2.74. The lowest BCUT2D eigenvalue weighted by molar-refractivity contribution is 0.686. The number of aromatic amines is 1. The van der Waals surface area contributed by atoms with Gasteiger partial charge in [0.25, 0.3) is 0 Å². The van der Waals surface area contributed by atoms with E-state index in [0.29, 0.717) is 0 Å². The number of H-pyrrole nitrogens is 1. The van der Waals surface area contributed by atoms with Crippen molar-refractivity contribution in [1.29, 1.82) is 0 Å². The molecule has 0 aliphatic rings. The van der Waals surface area contributed by atoms with Crippen molar-refractivity contribution in [2.75, 3.05) is 0 Å². The molecule has 86 valence electrons. The van der Waals surface area contributed by atoms with Gasteiger partial charge in [0.15, 0.2) is 0 Å². The maximum Gasteiger partial charge on any atom is 0.0925 e. The lowest BCUT2D eigenvalue weighted by atomic mass is 10.3. The van der Waals surface area contributed by atoms with E-state index >= 15 is 0 Å². The second-order valence-corrected chi connectivity index (χ2v) is 5.37. The van der Waals surface area contributed by atoms with Crippen LogP contribution in [0.4, 0.5) is 0 Å². The van der Waals surface area contributed by atoms with Gasteiger partial charge in [0.2, 0.25) is 0 Å². The fourth-order valence-electron chi connectivity index (χ4n) is 1.61. The van der Waals surface area contributed by atoms with Gasteiger partial charge in [-0.15, -0.1) is 11.3 Å². The van der Waals surface area contributed by atoms with Crippen molar-refractivity contribution in [1.82, 2.24) is 15.3 Å². The minimum atomic E-state index is 0.825. The second kappa shape index (κ2) is 4.80. The van der Waals surface area contributed by atoms with Crippen LogP contribution in [0.2, 0.25) is 0 Å². The summed E-state index contributed by atoms with van der Waals surface area (Å²) in [7, 11) is 0. The van der Waals surface area contributed by atoms with E-state index in [4.69, 9.17) is 0 Å². The first kappa shape index (κ1) is 11.4. The molecule has 0 spiro atoms. The summed E-state index contributed by atoms with van der Waals surface area (Å²) in [5.41, 5.74) is 3.63. The van der Waals surface area contributed by atoms with E-state index in [0.717, 1.165) is 24.5 Å². The molecule has 0 unspecified atom stereocenters. The van der Waals surface area contributed by atoms with Crippen molar-refractivity contribution in [3.05, 3.63) is 39.1 Å². The van der Waals surface area contributed by atoms with Crippen LogP contribution in [0.1, 0.15) is 26.7 Å². The number of nitrogens with one attached hydrogen (secondary N) is 2. The molecule has 0 radical (unpaired) electrons. The molecule has 2 heterocycles. The van der Waals surface area contributed by atoms with Crippen molar-refractivity contribution in [2.24, 2.45) is 0 Å². The van der Waals surface area contributed by atoms with Crippen LogP contribution >= 0.6 is 11.3 Å². The van der Waals surface area contributed by atoms with Crippen LogP contribution in [-0.4, -0.2) is 9.97 Å². The highest BCUT2D eigenvalue weighted by atomic mass is 32.1. The smallest absolute Gasteiger partial charge is 0.0925 e. The fourth-order valence-corrected chi connectivity index (χ4v) is 2.63. The zero-order valence-electron chi connectivity index (χ0n) is 9.92. The van der Waals surface area contributed by atoms with Gasteiger partial charge in [0, 0.05) is 28.5 Å². The standard InChI is InChI=1S/C12H17N3S/c1-8-4-11(16-10(8)3)5-13-6-12-9(2)14-7-15-12/h4,7,13H,5-6H2,1-3H3,(H,14,15). The average molecular weight is 235 g/mol. The summed E-state index contributed by atoms with van der Waals surface area (Å²) in [5, 5.41) is 3.41. The van der Waals surface area contributed by atoms with Crippen LogP contribution in [0.5, 0.6) is 0 Å². The number of rotatable bonds is 4. The number of aromatic nitrogens is 2. The van der Waals surface area contributed by atoms with E-state index in [1.807, 2.05) is 18.3 Å². The van der Waals surface area contributed by atoms with Crippen molar-refractivity contribution in [3.63, 3.8) is 0 Å². The number of nitrogens with zero attached hydrogens (tertiary/aromatic N) is 1. The lowest BCUT2D eigenvalue weighted by Gasteiger charge is -2.01. The maximum atomic E-state index is 4.26. The normalized spacial score (nSPS) is 10.9. The van der Waals surface area contributed by atoms with Gasteiger partial charge in [-0.2, -0.15) is 0 Å². The van der Waals surface area contributed by atoms with Crippen molar-refractivity contribution in [3.8, 4) is 0 Å². The topological polar surface area (TPSA) is 40.7 Å². The van der Waals surface area contributed by atoms with E-state index in [1.54, 1.807) is 6.33 Å². The SMILES string of the molecule is Cc1cc(CNCc2nc[nH]c2C)sc1C. The zero-order valence-corrected chi connectivity index (χ0v) is 10.7. The summed E-state index contributed by atoms with van der Waals surface area (Å²) in [4.78, 5) is 10.1. The first-order valence-electron chi connectivity index (χ1n) is 5.42. The summed E-state index contributed by atoms with van der Waals surface area (Å²) >= 11 is 1.87. The highest BCUT2D eigenvalue weighted by molar-refractivity contribution is 7.12. The molecule has 0 fully saturated rings. The summed E-state index contributed by atoms with van der Waals surface area (Å²) in [5.74, 6) is 0. The van der Waals surface area contributed by atoms with E-state index in [-0.39, 0.29) is 0 Å². The van der Waals surface area contributed by atoms with Crippen molar-refractivity contribution < 1.29 is 0 Å². The maximum absolute atomic E-state index is 4.26. The van der Waals surface area contributed by atoms with Crippen molar-refractivity contribution >= 4 is 11.3 Å². The Labute approximate surface area is 99.9 Å². The van der Waals surface area contributed by atoms with E-state index < -0.39 is 0 Å². The summed E-state index contributed by atoms with van der Waals surface area (Å²) in [6, 6.07) is 2.25. The van der Waals surface area contributed by atoms with Gasteiger partial charge in [0.1, 0.15) is 0 Å². The molecule has 0 amide bonds. The van der Waals surface area contributed by atoms with E-state index in [2.05, 4.69) is 35.2 Å². The molecule has 16 heavy (non-hydrogen) atoms. The number of thiophene rings is 1. The van der Waals surface area contributed by atoms with Gasteiger partial charge < -0.3 is 10.3 Å². The number of hydrogen-bond acceptors (Lipinski definition) is 3. The van der Waals surface area contributed by atoms with Crippen LogP contribution in [0, 0.1) is 20.8 Å². The Bertz CT molecular complexity index is 451. The molecule has 2 N–H and O–H groups in total. The Morgan fingerprint density at radius 2 is 2.12 bits per heavy atom. The van der Waals surface area contributed by atoms with Crippen LogP contribution in [0.3, 0.4) is 0 Å². The molecule has 0 aliphatic heterocycles. The predicted octanol–water partition coefficient (Wildman–Crippen LogP) is 2.69. The van der Waals surface area contributed by atoms with Gasteiger partial charge >= 0.3 is 0 Å². The summed E-state index contributed by atoms with van der Waals surface area (Å²) in [6.07, 6.45) is 1.74. The number of hydrogen-bond donors (Lipinski definition) is 2. The van der Waals surface area contributed by atoms with Gasteiger partial charge in [-0.1, -0.05) is 0 Å². The Hall–Kier alpha value is -1.13. The molecule has 0 aliphatic carbocycles. The van der Waals surface area contributed by atoms with Gasteiger partial charge in [0.05, 0.1) is 12.0 Å². The molecule has 2 rings (SSSR count). The third kappa shape index (κ3) is 2.51. The van der Waals surface area contributed by atoms with Crippen LogP contribution in [0.25, 0.3) is 0 Å². The predicted molar refractivity (Wildman–Crippen MR) is 67.7 cm³/mol. The van der Waals surface area contributed by atoms with Gasteiger partial charge in [-0.3, -0.25) is 0 Å². The molecule has 0 saturated heterocycles. The monoisotopic (exact) mass is 235 g/mol. The quantitative estimate of drug-likeness (QED) is 0.855. The van der Waals surface area contributed by atoms with E-state index in [1.165, 1.54) is 15.3 Å².